The summed E-state index contributed by atoms with van der Waals surface area (Å²) in [5.74, 6) is 1.05. The molecule has 3 rings (SSSR count). The quantitative estimate of drug-likeness (QED) is 0.922. The molecule has 1 saturated heterocycles. The standard InChI is InChI=1S/C17H20ClN5O/c1-2-22-9-11-23(12-10-22)16-8-7-15(20-21-16)19-17(24)13-3-5-14(18)6-4-13/h3-8H,2,9-12H2,1H3,(H,19,20,24). The van der Waals surface area contributed by atoms with E-state index >= 15 is 0 Å². The predicted octanol–water partition coefficient (Wildman–Crippen LogP) is 2.52. The first kappa shape index (κ1) is 16.7. The van der Waals surface area contributed by atoms with Crippen LogP contribution >= 0.6 is 11.6 Å². The van der Waals surface area contributed by atoms with Gasteiger partial charge < -0.3 is 15.1 Å². The maximum absolute atomic E-state index is 12.1. The lowest BCUT2D eigenvalue weighted by Crippen LogP contribution is -2.46. The minimum atomic E-state index is -0.231. The Balaban J connectivity index is 1.60. The SMILES string of the molecule is CCN1CCN(c2ccc(NC(=O)c3ccc(Cl)cc3)nn2)CC1. The number of nitrogens with zero attached hydrogens (tertiary/aromatic N) is 4. The lowest BCUT2D eigenvalue weighted by molar-refractivity contribution is 0.102. The fourth-order valence-corrected chi connectivity index (χ4v) is 2.77. The fourth-order valence-electron chi connectivity index (χ4n) is 2.64. The number of nitrogens with one attached hydrogen (secondary N) is 1. The molecule has 6 nitrogen and oxygen atoms in total. The lowest BCUT2D eigenvalue weighted by atomic mass is 10.2. The van der Waals surface area contributed by atoms with Gasteiger partial charge in [0.2, 0.25) is 0 Å². The van der Waals surface area contributed by atoms with E-state index in [1.165, 1.54) is 0 Å². The van der Waals surface area contributed by atoms with E-state index in [1.807, 2.05) is 6.07 Å². The van der Waals surface area contributed by atoms with Gasteiger partial charge in [0.25, 0.3) is 5.91 Å². The summed E-state index contributed by atoms with van der Waals surface area (Å²) in [7, 11) is 0. The van der Waals surface area contributed by atoms with Crippen LogP contribution in [-0.2, 0) is 0 Å². The average Bonchev–Trinajstić information content (AvgIpc) is 2.63. The zero-order valence-electron chi connectivity index (χ0n) is 13.6. The van der Waals surface area contributed by atoms with Crippen LogP contribution in [0.25, 0.3) is 0 Å². The van der Waals surface area contributed by atoms with Crippen LogP contribution in [0.4, 0.5) is 11.6 Å². The summed E-state index contributed by atoms with van der Waals surface area (Å²) in [5, 5.41) is 11.7. The second-order valence-corrected chi connectivity index (χ2v) is 6.10. The number of carbonyl (C=O) groups excluding carboxylic acids is 1. The number of hydrogen-bond donors (Lipinski definition) is 1. The highest BCUT2D eigenvalue weighted by Crippen LogP contribution is 2.15. The van der Waals surface area contributed by atoms with Crippen LogP contribution < -0.4 is 10.2 Å². The summed E-state index contributed by atoms with van der Waals surface area (Å²) in [6, 6.07) is 10.4. The number of piperazine rings is 1. The maximum atomic E-state index is 12.1. The number of likely N-dealkylation sites (N-methyl/N-ethyl adjacent to an activating group) is 1. The van der Waals surface area contributed by atoms with Gasteiger partial charge >= 0.3 is 0 Å². The topological polar surface area (TPSA) is 61.4 Å². The van der Waals surface area contributed by atoms with Gasteiger partial charge in [-0.05, 0) is 42.9 Å². The number of anilines is 2. The van der Waals surface area contributed by atoms with Crippen LogP contribution in [0.15, 0.2) is 36.4 Å². The molecule has 1 aliphatic rings. The van der Waals surface area contributed by atoms with Crippen LogP contribution in [0.2, 0.25) is 5.02 Å². The number of carbonyl (C=O) groups is 1. The van der Waals surface area contributed by atoms with Crippen LogP contribution in [0, 0.1) is 0 Å². The molecule has 1 N–H and O–H groups in total. The summed E-state index contributed by atoms with van der Waals surface area (Å²) < 4.78 is 0. The minimum absolute atomic E-state index is 0.231. The number of aromatic nitrogens is 2. The third-order valence-corrected chi connectivity index (χ3v) is 4.39. The largest absolute Gasteiger partial charge is 0.353 e. The van der Waals surface area contributed by atoms with Gasteiger partial charge in [-0.25, -0.2) is 0 Å². The van der Waals surface area contributed by atoms with Crippen molar-refractivity contribution < 1.29 is 4.79 Å². The van der Waals surface area contributed by atoms with Gasteiger partial charge in [-0.3, -0.25) is 4.79 Å². The molecular weight excluding hydrogens is 326 g/mol. The van der Waals surface area contributed by atoms with Crippen molar-refractivity contribution in [3.8, 4) is 0 Å². The first-order valence-corrected chi connectivity index (χ1v) is 8.41. The normalized spacial score (nSPS) is 15.3. The molecule has 0 atom stereocenters. The Labute approximate surface area is 146 Å². The summed E-state index contributed by atoms with van der Waals surface area (Å²) in [6.07, 6.45) is 0. The average molecular weight is 346 g/mol. The number of benzene rings is 1. The molecule has 0 bridgehead atoms. The van der Waals surface area contributed by atoms with Crippen molar-refractivity contribution in [1.82, 2.24) is 15.1 Å². The third-order valence-electron chi connectivity index (χ3n) is 4.14. The van der Waals surface area contributed by atoms with Crippen LogP contribution in [-0.4, -0.2) is 53.7 Å². The molecule has 1 amide bonds. The van der Waals surface area contributed by atoms with E-state index in [9.17, 15) is 4.79 Å². The van der Waals surface area contributed by atoms with E-state index in [2.05, 4.69) is 32.2 Å². The molecule has 0 spiro atoms. The zero-order chi connectivity index (χ0) is 16.9. The Morgan fingerprint density at radius 1 is 1.08 bits per heavy atom. The molecule has 1 aromatic carbocycles. The molecule has 0 unspecified atom stereocenters. The number of rotatable bonds is 4. The molecular formula is C17H20ClN5O. The van der Waals surface area contributed by atoms with Gasteiger partial charge in [-0.15, -0.1) is 10.2 Å². The van der Waals surface area contributed by atoms with E-state index in [1.54, 1.807) is 30.3 Å². The molecule has 0 radical (unpaired) electrons. The summed E-state index contributed by atoms with van der Waals surface area (Å²) in [4.78, 5) is 16.8. The predicted molar refractivity (Wildman–Crippen MR) is 95.8 cm³/mol. The zero-order valence-corrected chi connectivity index (χ0v) is 14.3. The lowest BCUT2D eigenvalue weighted by Gasteiger charge is -2.34. The first-order chi connectivity index (χ1) is 11.7. The molecule has 7 heteroatoms. The van der Waals surface area contributed by atoms with Gasteiger partial charge in [-0.1, -0.05) is 18.5 Å². The Morgan fingerprint density at radius 3 is 2.38 bits per heavy atom. The summed E-state index contributed by atoms with van der Waals surface area (Å²) in [5.41, 5.74) is 0.529. The monoisotopic (exact) mass is 345 g/mol. The first-order valence-electron chi connectivity index (χ1n) is 8.03. The molecule has 1 aromatic heterocycles. The van der Waals surface area contributed by atoms with E-state index < -0.39 is 0 Å². The van der Waals surface area contributed by atoms with Crippen LogP contribution in [0.5, 0.6) is 0 Å². The Hall–Kier alpha value is -2.18. The highest BCUT2D eigenvalue weighted by atomic mass is 35.5. The Morgan fingerprint density at radius 2 is 1.79 bits per heavy atom. The second kappa shape index (κ2) is 7.59. The smallest absolute Gasteiger partial charge is 0.256 e. The maximum Gasteiger partial charge on any atom is 0.256 e. The molecule has 1 aliphatic heterocycles. The second-order valence-electron chi connectivity index (χ2n) is 5.66. The van der Waals surface area contributed by atoms with Crippen molar-refractivity contribution in [3.63, 3.8) is 0 Å². The fraction of sp³-hybridized carbons (Fsp3) is 0.353. The van der Waals surface area contributed by atoms with Crippen molar-refractivity contribution in [1.29, 1.82) is 0 Å². The van der Waals surface area contributed by atoms with Crippen molar-refractivity contribution in [2.24, 2.45) is 0 Å². The van der Waals surface area contributed by atoms with Gasteiger partial charge in [0.1, 0.15) is 0 Å². The minimum Gasteiger partial charge on any atom is -0.353 e. The van der Waals surface area contributed by atoms with E-state index in [4.69, 9.17) is 11.6 Å². The Bertz CT molecular complexity index is 681. The Kier molecular flexibility index (Phi) is 5.27. The van der Waals surface area contributed by atoms with Crippen molar-refractivity contribution >= 4 is 29.1 Å². The highest BCUT2D eigenvalue weighted by Gasteiger charge is 2.17. The van der Waals surface area contributed by atoms with Crippen LogP contribution in [0.3, 0.4) is 0 Å². The van der Waals surface area contributed by atoms with Gasteiger partial charge in [0.15, 0.2) is 11.6 Å². The molecule has 24 heavy (non-hydrogen) atoms. The van der Waals surface area contributed by atoms with Crippen molar-refractivity contribution in [2.75, 3.05) is 42.9 Å². The van der Waals surface area contributed by atoms with E-state index in [0.717, 1.165) is 38.5 Å². The third kappa shape index (κ3) is 4.01. The molecule has 126 valence electrons. The van der Waals surface area contributed by atoms with Crippen molar-refractivity contribution in [3.05, 3.63) is 47.0 Å². The van der Waals surface area contributed by atoms with E-state index in [-0.39, 0.29) is 5.91 Å². The summed E-state index contributed by atoms with van der Waals surface area (Å²) in [6.45, 7) is 7.21. The van der Waals surface area contributed by atoms with Gasteiger partial charge in [-0.2, -0.15) is 0 Å². The molecule has 0 saturated carbocycles. The molecule has 0 aliphatic carbocycles. The molecule has 2 aromatic rings. The number of amides is 1. The molecule has 1 fully saturated rings. The van der Waals surface area contributed by atoms with Crippen molar-refractivity contribution in [2.45, 2.75) is 6.92 Å². The molecule has 2 heterocycles. The number of halogens is 1. The van der Waals surface area contributed by atoms with Gasteiger partial charge in [0, 0.05) is 36.8 Å². The number of hydrogen-bond acceptors (Lipinski definition) is 5. The van der Waals surface area contributed by atoms with E-state index in [0.29, 0.717) is 16.4 Å². The van der Waals surface area contributed by atoms with Gasteiger partial charge in [0.05, 0.1) is 0 Å². The highest BCUT2D eigenvalue weighted by molar-refractivity contribution is 6.30. The summed E-state index contributed by atoms with van der Waals surface area (Å²) >= 11 is 5.82. The van der Waals surface area contributed by atoms with Crippen LogP contribution in [0.1, 0.15) is 17.3 Å².